The van der Waals surface area contributed by atoms with Gasteiger partial charge < -0.3 is 9.30 Å². The fourth-order valence-electron chi connectivity index (χ4n) is 2.93. The van der Waals surface area contributed by atoms with E-state index in [4.69, 9.17) is 4.74 Å². The molecule has 0 saturated carbocycles. The molecule has 2 aromatic carbocycles. The van der Waals surface area contributed by atoms with E-state index in [1.165, 1.54) is 0 Å². The molecule has 0 aliphatic carbocycles. The van der Waals surface area contributed by atoms with Crippen LogP contribution in [0.2, 0.25) is 0 Å². The van der Waals surface area contributed by atoms with Crippen molar-refractivity contribution in [2.75, 3.05) is 12.5 Å². The summed E-state index contributed by atoms with van der Waals surface area (Å²) < 4.78 is 7.26. The topological polar surface area (TPSA) is 77.2 Å². The predicted molar refractivity (Wildman–Crippen MR) is 103 cm³/mol. The third kappa shape index (κ3) is 2.83. The zero-order chi connectivity index (χ0) is 17.9. The highest BCUT2D eigenvalue weighted by Gasteiger charge is 2.13. The average molecular weight is 346 g/mol. The summed E-state index contributed by atoms with van der Waals surface area (Å²) in [6.45, 7) is 2.89. The molecule has 130 valence electrons. The molecule has 26 heavy (non-hydrogen) atoms. The number of aromatic nitrogens is 4. The second-order valence-corrected chi connectivity index (χ2v) is 5.71. The van der Waals surface area contributed by atoms with Gasteiger partial charge in [-0.25, -0.2) is 5.43 Å². The summed E-state index contributed by atoms with van der Waals surface area (Å²) >= 11 is 0. The van der Waals surface area contributed by atoms with Gasteiger partial charge >= 0.3 is 0 Å². The van der Waals surface area contributed by atoms with Crippen LogP contribution in [0.5, 0.6) is 5.75 Å². The largest absolute Gasteiger partial charge is 0.497 e. The van der Waals surface area contributed by atoms with Crippen LogP contribution in [0.15, 0.2) is 53.6 Å². The number of rotatable bonds is 5. The normalized spacial score (nSPS) is 11.5. The van der Waals surface area contributed by atoms with Crippen molar-refractivity contribution in [3.05, 3.63) is 54.1 Å². The van der Waals surface area contributed by atoms with Crippen LogP contribution in [0, 0.1) is 0 Å². The monoisotopic (exact) mass is 346 g/mol. The van der Waals surface area contributed by atoms with Crippen LogP contribution in [-0.2, 0) is 6.54 Å². The van der Waals surface area contributed by atoms with E-state index in [1.807, 2.05) is 42.5 Å². The summed E-state index contributed by atoms with van der Waals surface area (Å²) in [4.78, 5) is 4.59. The van der Waals surface area contributed by atoms with Gasteiger partial charge in [-0.05, 0) is 42.8 Å². The van der Waals surface area contributed by atoms with Gasteiger partial charge in [0, 0.05) is 11.9 Å². The molecule has 0 saturated heterocycles. The zero-order valence-electron chi connectivity index (χ0n) is 14.5. The number of hydrazone groups is 1. The van der Waals surface area contributed by atoms with Crippen molar-refractivity contribution in [2.24, 2.45) is 5.10 Å². The number of aryl methyl sites for hydroxylation is 1. The average Bonchev–Trinajstić information content (AvgIpc) is 3.01. The molecule has 4 rings (SSSR count). The maximum absolute atomic E-state index is 5.14. The Hall–Kier alpha value is -3.48. The van der Waals surface area contributed by atoms with E-state index in [2.05, 4.69) is 43.3 Å². The van der Waals surface area contributed by atoms with E-state index in [0.717, 1.165) is 39.9 Å². The fraction of sp³-hybridized carbons (Fsp3) is 0.158. The number of ether oxygens (including phenoxy) is 1. The number of nitrogens with zero attached hydrogens (tertiary/aromatic N) is 5. The van der Waals surface area contributed by atoms with E-state index in [-0.39, 0.29) is 0 Å². The number of fused-ring (bicyclic) bond motifs is 3. The third-order valence-electron chi connectivity index (χ3n) is 4.18. The number of benzene rings is 2. The fourth-order valence-corrected chi connectivity index (χ4v) is 2.93. The van der Waals surface area contributed by atoms with Gasteiger partial charge in [0.1, 0.15) is 11.3 Å². The Morgan fingerprint density at radius 3 is 2.69 bits per heavy atom. The molecule has 0 fully saturated rings. The first-order valence-corrected chi connectivity index (χ1v) is 8.35. The molecule has 0 aliphatic heterocycles. The van der Waals surface area contributed by atoms with Crippen LogP contribution in [0.25, 0.3) is 22.1 Å². The lowest BCUT2D eigenvalue weighted by atomic mass is 10.2. The highest BCUT2D eigenvalue weighted by molar-refractivity contribution is 6.04. The zero-order valence-corrected chi connectivity index (χ0v) is 14.5. The van der Waals surface area contributed by atoms with Crippen molar-refractivity contribution in [1.82, 2.24) is 19.7 Å². The summed E-state index contributed by atoms with van der Waals surface area (Å²) in [6.07, 6.45) is 1.70. The van der Waals surface area contributed by atoms with E-state index in [1.54, 1.807) is 13.3 Å². The van der Waals surface area contributed by atoms with E-state index >= 15 is 0 Å². The van der Waals surface area contributed by atoms with Crippen molar-refractivity contribution < 1.29 is 4.74 Å². The molecule has 0 atom stereocenters. The van der Waals surface area contributed by atoms with Gasteiger partial charge in [0.25, 0.3) is 5.95 Å². The third-order valence-corrected chi connectivity index (χ3v) is 4.18. The second-order valence-electron chi connectivity index (χ2n) is 5.71. The molecule has 7 heteroatoms. The Balaban J connectivity index is 1.62. The number of para-hydroxylation sites is 1. The van der Waals surface area contributed by atoms with Gasteiger partial charge in [-0.15, -0.1) is 10.2 Å². The molecule has 2 aromatic heterocycles. The molecule has 0 aliphatic rings. The minimum atomic E-state index is 0.361. The second kappa shape index (κ2) is 6.79. The molecule has 1 N–H and O–H groups in total. The van der Waals surface area contributed by atoms with E-state index < -0.39 is 0 Å². The molecular formula is C19H18N6O. The van der Waals surface area contributed by atoms with Gasteiger partial charge in [-0.2, -0.15) is 10.1 Å². The molecule has 4 aromatic rings. The van der Waals surface area contributed by atoms with Crippen molar-refractivity contribution >= 4 is 34.2 Å². The smallest absolute Gasteiger partial charge is 0.265 e. The first kappa shape index (κ1) is 16.0. The van der Waals surface area contributed by atoms with E-state index in [0.29, 0.717) is 5.95 Å². The lowest BCUT2D eigenvalue weighted by molar-refractivity contribution is 0.415. The first-order chi connectivity index (χ1) is 12.8. The minimum absolute atomic E-state index is 0.361. The van der Waals surface area contributed by atoms with Crippen LogP contribution in [-0.4, -0.2) is 33.1 Å². The Morgan fingerprint density at radius 1 is 1.12 bits per heavy atom. The number of anilines is 1. The standard InChI is InChI=1S/C19H18N6O/c1-3-25-16-7-5-4-6-15(16)17-18(25)21-19(24-22-17)23-20-12-13-8-10-14(26-2)11-9-13/h4-12H,3H2,1-2H3,(H,21,23,24)/b20-12+. The van der Waals surface area contributed by atoms with Gasteiger partial charge in [-0.1, -0.05) is 18.2 Å². The lowest BCUT2D eigenvalue weighted by Crippen LogP contribution is -2.02. The summed E-state index contributed by atoms with van der Waals surface area (Å²) in [5.41, 5.74) is 6.49. The minimum Gasteiger partial charge on any atom is -0.497 e. The Bertz CT molecular complexity index is 1080. The molecule has 0 spiro atoms. The summed E-state index contributed by atoms with van der Waals surface area (Å²) in [5, 5.41) is 13.7. The van der Waals surface area contributed by atoms with Crippen LogP contribution in [0.3, 0.4) is 0 Å². The summed E-state index contributed by atoms with van der Waals surface area (Å²) in [6, 6.07) is 15.7. The van der Waals surface area contributed by atoms with Crippen LogP contribution in [0.1, 0.15) is 12.5 Å². The number of methoxy groups -OCH3 is 1. The van der Waals surface area contributed by atoms with Gasteiger partial charge in [0.05, 0.1) is 18.8 Å². The van der Waals surface area contributed by atoms with Crippen molar-refractivity contribution in [3.63, 3.8) is 0 Å². The van der Waals surface area contributed by atoms with Crippen LogP contribution < -0.4 is 10.2 Å². The van der Waals surface area contributed by atoms with E-state index in [9.17, 15) is 0 Å². The van der Waals surface area contributed by atoms with Crippen LogP contribution >= 0.6 is 0 Å². The maximum Gasteiger partial charge on any atom is 0.265 e. The summed E-state index contributed by atoms with van der Waals surface area (Å²) in [5.74, 6) is 1.17. The predicted octanol–water partition coefficient (Wildman–Crippen LogP) is 3.45. The summed E-state index contributed by atoms with van der Waals surface area (Å²) in [7, 11) is 1.64. The van der Waals surface area contributed by atoms with Gasteiger partial charge in [-0.3, -0.25) is 0 Å². The molecule has 0 bridgehead atoms. The van der Waals surface area contributed by atoms with Crippen molar-refractivity contribution in [2.45, 2.75) is 13.5 Å². The molecule has 0 unspecified atom stereocenters. The maximum atomic E-state index is 5.14. The molecular weight excluding hydrogens is 328 g/mol. The Labute approximate surface area is 150 Å². The number of nitrogens with one attached hydrogen (secondary N) is 1. The highest BCUT2D eigenvalue weighted by atomic mass is 16.5. The molecule has 0 radical (unpaired) electrons. The molecule has 0 amide bonds. The number of hydrogen-bond donors (Lipinski definition) is 1. The number of hydrogen-bond acceptors (Lipinski definition) is 6. The van der Waals surface area contributed by atoms with Crippen molar-refractivity contribution in [1.29, 1.82) is 0 Å². The SMILES string of the molecule is CCn1c2ccccc2c2nnc(N/N=C/c3ccc(OC)cc3)nc21. The van der Waals surface area contributed by atoms with Gasteiger partial charge in [0.2, 0.25) is 0 Å². The molecule has 7 nitrogen and oxygen atoms in total. The van der Waals surface area contributed by atoms with Crippen molar-refractivity contribution in [3.8, 4) is 5.75 Å². The van der Waals surface area contributed by atoms with Gasteiger partial charge in [0.15, 0.2) is 5.65 Å². The molecule has 2 heterocycles. The Morgan fingerprint density at radius 2 is 1.92 bits per heavy atom. The highest BCUT2D eigenvalue weighted by Crippen LogP contribution is 2.26. The first-order valence-electron chi connectivity index (χ1n) is 8.35. The lowest BCUT2D eigenvalue weighted by Gasteiger charge is -2.02. The van der Waals surface area contributed by atoms with Crippen LogP contribution in [0.4, 0.5) is 5.95 Å². The quantitative estimate of drug-likeness (QED) is 0.442. The Kier molecular flexibility index (Phi) is 4.18.